The van der Waals surface area contributed by atoms with Crippen LogP contribution in [-0.4, -0.2) is 59.7 Å². The minimum absolute atomic E-state index is 0.308. The fourth-order valence-corrected chi connectivity index (χ4v) is 4.35. The van der Waals surface area contributed by atoms with E-state index in [1.54, 1.807) is 0 Å². The molecule has 5 nitrogen and oxygen atoms in total. The van der Waals surface area contributed by atoms with E-state index in [1.807, 2.05) is 12.4 Å². The lowest BCUT2D eigenvalue weighted by Crippen LogP contribution is -2.59. The monoisotopic (exact) mass is 361 g/mol. The SMILES string of the molecule is [C-]#[N+]C1(N2CCN(c3ccncc3)CC2)CCN(Cc2ccccc2)CC1. The van der Waals surface area contributed by atoms with Gasteiger partial charge in [0.25, 0.3) is 5.66 Å². The molecule has 0 aliphatic carbocycles. The van der Waals surface area contributed by atoms with Crippen LogP contribution in [0.5, 0.6) is 0 Å². The maximum Gasteiger partial charge on any atom is 0.291 e. The highest BCUT2D eigenvalue weighted by atomic mass is 15.4. The van der Waals surface area contributed by atoms with Gasteiger partial charge in [0.15, 0.2) is 0 Å². The number of rotatable bonds is 4. The van der Waals surface area contributed by atoms with Gasteiger partial charge in [-0.05, 0) is 17.7 Å². The number of hydrogen-bond donors (Lipinski definition) is 0. The van der Waals surface area contributed by atoms with Crippen LogP contribution in [0.4, 0.5) is 5.69 Å². The Balaban J connectivity index is 1.34. The third-order valence-electron chi connectivity index (χ3n) is 6.01. The summed E-state index contributed by atoms with van der Waals surface area (Å²) < 4.78 is 0. The van der Waals surface area contributed by atoms with E-state index in [9.17, 15) is 0 Å². The van der Waals surface area contributed by atoms with Crippen molar-refractivity contribution in [3.05, 3.63) is 71.8 Å². The van der Waals surface area contributed by atoms with E-state index in [4.69, 9.17) is 6.57 Å². The molecule has 0 amide bonds. The number of aromatic nitrogens is 1. The summed E-state index contributed by atoms with van der Waals surface area (Å²) in [5.41, 5.74) is 2.29. The van der Waals surface area contributed by atoms with E-state index < -0.39 is 0 Å². The zero-order valence-electron chi connectivity index (χ0n) is 15.8. The average molecular weight is 361 g/mol. The number of nitrogens with zero attached hydrogens (tertiary/aromatic N) is 5. The van der Waals surface area contributed by atoms with E-state index in [1.165, 1.54) is 11.3 Å². The number of piperazine rings is 1. The minimum atomic E-state index is -0.308. The van der Waals surface area contributed by atoms with Gasteiger partial charge in [0.1, 0.15) is 0 Å². The van der Waals surface area contributed by atoms with Gasteiger partial charge in [-0.25, -0.2) is 11.5 Å². The summed E-state index contributed by atoms with van der Waals surface area (Å²) in [5, 5.41) is 0. The molecule has 2 aliphatic heterocycles. The molecule has 1 aromatic carbocycles. The van der Waals surface area contributed by atoms with Crippen LogP contribution in [0.3, 0.4) is 0 Å². The Morgan fingerprint density at radius 3 is 2.19 bits per heavy atom. The molecule has 3 heterocycles. The van der Waals surface area contributed by atoms with Gasteiger partial charge in [-0.3, -0.25) is 14.7 Å². The van der Waals surface area contributed by atoms with Crippen molar-refractivity contribution in [2.45, 2.75) is 25.0 Å². The zero-order chi connectivity index (χ0) is 18.5. The first-order chi connectivity index (χ1) is 13.3. The molecule has 140 valence electrons. The lowest BCUT2D eigenvalue weighted by Gasteiger charge is -2.44. The van der Waals surface area contributed by atoms with Crippen LogP contribution in [0.15, 0.2) is 54.9 Å². The summed E-state index contributed by atoms with van der Waals surface area (Å²) in [4.78, 5) is 15.6. The van der Waals surface area contributed by atoms with Gasteiger partial charge in [-0.2, -0.15) is 0 Å². The molecular formula is C22H27N5. The van der Waals surface area contributed by atoms with Crippen molar-refractivity contribution in [1.29, 1.82) is 0 Å². The topological polar surface area (TPSA) is 27.0 Å². The molecule has 2 aromatic rings. The smallest absolute Gasteiger partial charge is 0.291 e. The van der Waals surface area contributed by atoms with Crippen LogP contribution in [0, 0.1) is 6.57 Å². The van der Waals surface area contributed by atoms with Gasteiger partial charge < -0.3 is 4.90 Å². The first-order valence-corrected chi connectivity index (χ1v) is 9.84. The highest BCUT2D eigenvalue weighted by molar-refractivity contribution is 5.45. The lowest BCUT2D eigenvalue weighted by molar-refractivity contribution is 0.0466. The molecule has 0 radical (unpaired) electrons. The van der Waals surface area contributed by atoms with Crippen molar-refractivity contribution >= 4 is 5.69 Å². The number of piperidine rings is 1. The molecule has 5 heteroatoms. The average Bonchev–Trinajstić information content (AvgIpc) is 2.76. The molecule has 0 bridgehead atoms. The van der Waals surface area contributed by atoms with Crippen LogP contribution in [0.2, 0.25) is 0 Å². The first-order valence-electron chi connectivity index (χ1n) is 9.84. The third-order valence-corrected chi connectivity index (χ3v) is 6.01. The number of benzene rings is 1. The molecule has 0 N–H and O–H groups in total. The summed E-state index contributed by atoms with van der Waals surface area (Å²) in [6, 6.07) is 14.8. The largest absolute Gasteiger partial charge is 0.369 e. The van der Waals surface area contributed by atoms with Gasteiger partial charge in [0.05, 0.1) is 12.8 Å². The number of pyridine rings is 1. The molecule has 4 rings (SSSR count). The van der Waals surface area contributed by atoms with E-state index >= 15 is 0 Å². The molecule has 2 aliphatic rings. The summed E-state index contributed by atoms with van der Waals surface area (Å²) in [6.45, 7) is 14.8. The van der Waals surface area contributed by atoms with Crippen LogP contribution in [0.25, 0.3) is 4.85 Å². The zero-order valence-corrected chi connectivity index (χ0v) is 15.8. The second-order valence-electron chi connectivity index (χ2n) is 7.54. The molecule has 2 fully saturated rings. The van der Waals surface area contributed by atoms with Gasteiger partial charge in [-0.15, -0.1) is 0 Å². The normalized spacial score (nSPS) is 20.9. The Kier molecular flexibility index (Phi) is 5.38. The summed E-state index contributed by atoms with van der Waals surface area (Å²) in [6.07, 6.45) is 5.59. The molecule has 2 saturated heterocycles. The Bertz CT molecular complexity index is 754. The minimum Gasteiger partial charge on any atom is -0.369 e. The quantitative estimate of drug-likeness (QED) is 0.782. The highest BCUT2D eigenvalue weighted by Gasteiger charge is 2.46. The summed E-state index contributed by atoms with van der Waals surface area (Å²) in [5.74, 6) is 0. The van der Waals surface area contributed by atoms with E-state index in [-0.39, 0.29) is 5.66 Å². The maximum absolute atomic E-state index is 7.93. The summed E-state index contributed by atoms with van der Waals surface area (Å²) >= 11 is 0. The van der Waals surface area contributed by atoms with Crippen LogP contribution in [-0.2, 0) is 6.54 Å². The Morgan fingerprint density at radius 2 is 1.56 bits per heavy atom. The molecule has 27 heavy (non-hydrogen) atoms. The van der Waals surface area contributed by atoms with Gasteiger partial charge in [0.2, 0.25) is 0 Å². The predicted octanol–water partition coefficient (Wildman–Crippen LogP) is 3.12. The van der Waals surface area contributed by atoms with Crippen LogP contribution >= 0.6 is 0 Å². The van der Waals surface area contributed by atoms with Gasteiger partial charge in [-0.1, -0.05) is 30.3 Å². The van der Waals surface area contributed by atoms with Crippen molar-refractivity contribution in [3.8, 4) is 0 Å². The molecule has 0 spiro atoms. The van der Waals surface area contributed by atoms with Crippen LogP contribution < -0.4 is 4.90 Å². The van der Waals surface area contributed by atoms with Crippen LogP contribution in [0.1, 0.15) is 18.4 Å². The highest BCUT2D eigenvalue weighted by Crippen LogP contribution is 2.32. The predicted molar refractivity (Wildman–Crippen MR) is 108 cm³/mol. The Labute approximate surface area is 162 Å². The molecule has 1 aromatic heterocycles. The van der Waals surface area contributed by atoms with E-state index in [0.29, 0.717) is 0 Å². The summed E-state index contributed by atoms with van der Waals surface area (Å²) in [7, 11) is 0. The first kappa shape index (κ1) is 18.0. The standard InChI is InChI=1S/C22H27N5/c1-23-22(9-13-25(14-10-22)19-20-5-3-2-4-6-20)27-17-15-26(16-18-27)21-7-11-24-12-8-21/h2-8,11-12H,9-10,13-19H2. The second kappa shape index (κ2) is 8.08. The lowest BCUT2D eigenvalue weighted by atomic mass is 9.94. The van der Waals surface area contributed by atoms with Crippen molar-refractivity contribution in [2.75, 3.05) is 44.2 Å². The van der Waals surface area contributed by atoms with E-state index in [0.717, 1.165) is 58.7 Å². The second-order valence-corrected chi connectivity index (χ2v) is 7.54. The molecule has 0 saturated carbocycles. The number of anilines is 1. The van der Waals surface area contributed by atoms with Crippen molar-refractivity contribution in [1.82, 2.24) is 14.8 Å². The molecular weight excluding hydrogens is 334 g/mol. The maximum atomic E-state index is 7.93. The third kappa shape index (κ3) is 3.97. The van der Waals surface area contributed by atoms with E-state index in [2.05, 4.69) is 67.0 Å². The van der Waals surface area contributed by atoms with Crippen molar-refractivity contribution in [3.63, 3.8) is 0 Å². The Hall–Kier alpha value is -2.42. The fraction of sp³-hybridized carbons (Fsp3) is 0.455. The fourth-order valence-electron chi connectivity index (χ4n) is 4.35. The number of hydrogen-bond acceptors (Lipinski definition) is 4. The molecule has 0 atom stereocenters. The van der Waals surface area contributed by atoms with Crippen molar-refractivity contribution in [2.24, 2.45) is 0 Å². The van der Waals surface area contributed by atoms with Gasteiger partial charge in [0, 0.05) is 63.9 Å². The Morgan fingerprint density at radius 1 is 0.889 bits per heavy atom. The van der Waals surface area contributed by atoms with Crippen molar-refractivity contribution < 1.29 is 0 Å². The number of likely N-dealkylation sites (tertiary alicyclic amines) is 1. The molecule has 0 unspecified atom stereocenters. The van der Waals surface area contributed by atoms with Gasteiger partial charge >= 0.3 is 0 Å².